The number of hydrogen-bond donors (Lipinski definition) is 2. The first-order valence-electron chi connectivity index (χ1n) is 9.29. The van der Waals surface area contributed by atoms with Crippen molar-refractivity contribution < 1.29 is 14.3 Å². The van der Waals surface area contributed by atoms with Gasteiger partial charge in [-0.3, -0.25) is 9.59 Å². The molecule has 0 aliphatic heterocycles. The van der Waals surface area contributed by atoms with Gasteiger partial charge < -0.3 is 15.4 Å². The molecule has 0 radical (unpaired) electrons. The molecule has 3 aromatic carbocycles. The van der Waals surface area contributed by atoms with Crippen molar-refractivity contribution >= 4 is 39.9 Å². The standard InChI is InChI=1S/C23H23ClN2O3/c1-14(16-7-8-18-12-19(29-3)10-9-17(18)11-16)23(28)25-13-22(27)26-21-6-4-5-20(24)15(21)2/h4-12,14H,13H2,1-3H3,(H,25,28)(H,26,27)/t14-/m1/s1. The van der Waals surface area contributed by atoms with Crippen LogP contribution in [0.2, 0.25) is 5.02 Å². The van der Waals surface area contributed by atoms with Crippen molar-refractivity contribution in [2.75, 3.05) is 19.0 Å². The van der Waals surface area contributed by atoms with Gasteiger partial charge in [0, 0.05) is 10.7 Å². The van der Waals surface area contributed by atoms with Crippen LogP contribution in [0.3, 0.4) is 0 Å². The van der Waals surface area contributed by atoms with Gasteiger partial charge in [0.1, 0.15) is 5.75 Å². The maximum absolute atomic E-state index is 12.5. The second-order valence-electron chi connectivity index (χ2n) is 6.87. The molecule has 0 bridgehead atoms. The Labute approximate surface area is 175 Å². The molecule has 0 fully saturated rings. The maximum Gasteiger partial charge on any atom is 0.243 e. The van der Waals surface area contributed by atoms with Crippen molar-refractivity contribution in [3.05, 3.63) is 70.7 Å². The zero-order chi connectivity index (χ0) is 21.0. The minimum atomic E-state index is -0.387. The van der Waals surface area contributed by atoms with E-state index in [1.54, 1.807) is 25.3 Å². The maximum atomic E-state index is 12.5. The molecule has 2 amide bonds. The van der Waals surface area contributed by atoms with Gasteiger partial charge in [-0.25, -0.2) is 0 Å². The summed E-state index contributed by atoms with van der Waals surface area (Å²) in [5.41, 5.74) is 2.30. The monoisotopic (exact) mass is 410 g/mol. The molecule has 29 heavy (non-hydrogen) atoms. The van der Waals surface area contributed by atoms with Gasteiger partial charge in [0.15, 0.2) is 0 Å². The van der Waals surface area contributed by atoms with Crippen LogP contribution in [0, 0.1) is 6.92 Å². The summed E-state index contributed by atoms with van der Waals surface area (Å²) >= 11 is 6.06. The van der Waals surface area contributed by atoms with E-state index in [0.717, 1.165) is 27.6 Å². The highest BCUT2D eigenvalue weighted by Gasteiger charge is 2.17. The summed E-state index contributed by atoms with van der Waals surface area (Å²) < 4.78 is 5.24. The van der Waals surface area contributed by atoms with Crippen molar-refractivity contribution in [2.45, 2.75) is 19.8 Å². The Morgan fingerprint density at radius 3 is 2.55 bits per heavy atom. The van der Waals surface area contributed by atoms with Crippen LogP contribution in [0.4, 0.5) is 5.69 Å². The lowest BCUT2D eigenvalue weighted by atomic mass is 9.97. The molecule has 6 heteroatoms. The lowest BCUT2D eigenvalue weighted by molar-refractivity contribution is -0.125. The Kier molecular flexibility index (Phi) is 6.39. The highest BCUT2D eigenvalue weighted by Crippen LogP contribution is 2.25. The van der Waals surface area contributed by atoms with Gasteiger partial charge in [-0.1, -0.05) is 41.9 Å². The number of amides is 2. The Morgan fingerprint density at radius 1 is 1.07 bits per heavy atom. The number of methoxy groups -OCH3 is 1. The van der Waals surface area contributed by atoms with E-state index < -0.39 is 0 Å². The number of nitrogens with one attached hydrogen (secondary N) is 2. The van der Waals surface area contributed by atoms with Crippen molar-refractivity contribution in [1.82, 2.24) is 5.32 Å². The molecule has 1 atom stereocenters. The highest BCUT2D eigenvalue weighted by molar-refractivity contribution is 6.31. The van der Waals surface area contributed by atoms with Gasteiger partial charge in [-0.2, -0.15) is 0 Å². The topological polar surface area (TPSA) is 67.4 Å². The van der Waals surface area contributed by atoms with E-state index in [2.05, 4.69) is 10.6 Å². The number of fused-ring (bicyclic) bond motifs is 1. The quantitative estimate of drug-likeness (QED) is 0.620. The first-order chi connectivity index (χ1) is 13.9. The first kappa shape index (κ1) is 20.7. The van der Waals surface area contributed by atoms with E-state index in [9.17, 15) is 9.59 Å². The number of ether oxygens (including phenoxy) is 1. The number of hydrogen-bond acceptors (Lipinski definition) is 3. The van der Waals surface area contributed by atoms with E-state index in [1.165, 1.54) is 0 Å². The third-order valence-corrected chi connectivity index (χ3v) is 5.34. The fraction of sp³-hybridized carbons (Fsp3) is 0.217. The molecule has 3 rings (SSSR count). The minimum Gasteiger partial charge on any atom is -0.497 e. The van der Waals surface area contributed by atoms with E-state index >= 15 is 0 Å². The number of halogens is 1. The summed E-state index contributed by atoms with van der Waals surface area (Å²) in [4.78, 5) is 24.7. The van der Waals surface area contributed by atoms with Crippen LogP contribution in [0.15, 0.2) is 54.6 Å². The van der Waals surface area contributed by atoms with Gasteiger partial charge in [0.2, 0.25) is 11.8 Å². The van der Waals surface area contributed by atoms with Crippen molar-refractivity contribution in [1.29, 1.82) is 0 Å². The predicted molar refractivity (Wildman–Crippen MR) is 117 cm³/mol. The van der Waals surface area contributed by atoms with Crippen molar-refractivity contribution in [3.63, 3.8) is 0 Å². The average molecular weight is 411 g/mol. The van der Waals surface area contributed by atoms with Crippen LogP contribution >= 0.6 is 11.6 Å². The molecule has 3 aromatic rings. The summed E-state index contributed by atoms with van der Waals surface area (Å²) in [6, 6.07) is 17.0. The number of carbonyl (C=O) groups is 2. The van der Waals surface area contributed by atoms with Crippen LogP contribution < -0.4 is 15.4 Å². The highest BCUT2D eigenvalue weighted by atomic mass is 35.5. The van der Waals surface area contributed by atoms with Crippen LogP contribution in [-0.2, 0) is 9.59 Å². The molecule has 0 aliphatic carbocycles. The molecular weight excluding hydrogens is 388 g/mol. The molecule has 0 aliphatic rings. The Morgan fingerprint density at radius 2 is 1.79 bits per heavy atom. The molecule has 0 aromatic heterocycles. The van der Waals surface area contributed by atoms with E-state index in [1.807, 2.05) is 50.2 Å². The Hall–Kier alpha value is -3.05. The Balaban J connectivity index is 1.62. The predicted octanol–water partition coefficient (Wildman–Crippen LogP) is 4.67. The second-order valence-corrected chi connectivity index (χ2v) is 7.28. The van der Waals surface area contributed by atoms with Crippen LogP contribution in [0.1, 0.15) is 24.0 Å². The fourth-order valence-corrected chi connectivity index (χ4v) is 3.22. The smallest absolute Gasteiger partial charge is 0.243 e. The molecule has 0 unspecified atom stereocenters. The van der Waals surface area contributed by atoms with Crippen molar-refractivity contribution in [2.24, 2.45) is 0 Å². The van der Waals surface area contributed by atoms with Gasteiger partial charge in [0.25, 0.3) is 0 Å². The lowest BCUT2D eigenvalue weighted by Crippen LogP contribution is -2.35. The fourth-order valence-electron chi connectivity index (χ4n) is 3.05. The Bertz CT molecular complexity index is 1070. The normalized spacial score (nSPS) is 11.7. The zero-order valence-corrected chi connectivity index (χ0v) is 17.3. The van der Waals surface area contributed by atoms with Crippen LogP contribution in [-0.4, -0.2) is 25.5 Å². The van der Waals surface area contributed by atoms with E-state index in [0.29, 0.717) is 10.7 Å². The zero-order valence-electron chi connectivity index (χ0n) is 16.6. The molecule has 0 saturated heterocycles. The van der Waals surface area contributed by atoms with E-state index in [-0.39, 0.29) is 24.3 Å². The van der Waals surface area contributed by atoms with Gasteiger partial charge in [-0.05, 0) is 60.0 Å². The lowest BCUT2D eigenvalue weighted by Gasteiger charge is -2.14. The molecule has 150 valence electrons. The number of anilines is 1. The van der Waals surface area contributed by atoms with Crippen LogP contribution in [0.25, 0.3) is 10.8 Å². The first-order valence-corrected chi connectivity index (χ1v) is 9.67. The number of carbonyl (C=O) groups excluding carboxylic acids is 2. The second kappa shape index (κ2) is 8.97. The number of rotatable bonds is 6. The van der Waals surface area contributed by atoms with Crippen molar-refractivity contribution in [3.8, 4) is 5.75 Å². The summed E-state index contributed by atoms with van der Waals surface area (Å²) in [5, 5.41) is 8.11. The average Bonchev–Trinajstić information content (AvgIpc) is 2.74. The molecule has 0 spiro atoms. The SMILES string of the molecule is COc1ccc2cc([C@@H](C)C(=O)NCC(=O)Nc3cccc(Cl)c3C)ccc2c1. The van der Waals surface area contributed by atoms with E-state index in [4.69, 9.17) is 16.3 Å². The van der Waals surface area contributed by atoms with Gasteiger partial charge in [-0.15, -0.1) is 0 Å². The molecule has 5 nitrogen and oxygen atoms in total. The van der Waals surface area contributed by atoms with Crippen LogP contribution in [0.5, 0.6) is 5.75 Å². The third kappa shape index (κ3) is 4.87. The molecule has 0 heterocycles. The summed E-state index contributed by atoms with van der Waals surface area (Å²) in [6.07, 6.45) is 0. The molecular formula is C23H23ClN2O3. The third-order valence-electron chi connectivity index (χ3n) is 4.93. The summed E-state index contributed by atoms with van der Waals surface area (Å²) in [6.45, 7) is 3.53. The molecule has 2 N–H and O–H groups in total. The van der Waals surface area contributed by atoms with Gasteiger partial charge >= 0.3 is 0 Å². The summed E-state index contributed by atoms with van der Waals surface area (Å²) in [5.74, 6) is -0.114. The largest absolute Gasteiger partial charge is 0.497 e. The van der Waals surface area contributed by atoms with Gasteiger partial charge in [0.05, 0.1) is 19.6 Å². The summed E-state index contributed by atoms with van der Waals surface area (Å²) in [7, 11) is 1.63. The molecule has 0 saturated carbocycles. The minimum absolute atomic E-state index is 0.111. The number of benzene rings is 3.